The van der Waals surface area contributed by atoms with E-state index in [0.717, 1.165) is 12.1 Å². The lowest BCUT2D eigenvalue weighted by Crippen LogP contribution is -2.25. The highest BCUT2D eigenvalue weighted by Crippen LogP contribution is 2.20. The second-order valence-corrected chi connectivity index (χ2v) is 7.14. The number of anilines is 1. The van der Waals surface area contributed by atoms with Crippen LogP contribution in [0.4, 0.5) is 10.1 Å². The number of carboxylic acids is 1. The first-order valence-electron chi connectivity index (χ1n) is 7.58. The molecule has 26 heavy (non-hydrogen) atoms. The molecule has 3 N–H and O–H groups in total. The molecule has 2 rings (SSSR count). The number of hydrogen-bond acceptors (Lipinski definition) is 4. The average Bonchev–Trinajstić information content (AvgIpc) is 2.54. The van der Waals surface area contributed by atoms with Gasteiger partial charge >= 0.3 is 5.97 Å². The molecular formula is C17H17FN2O5S. The molecule has 7 nitrogen and oxygen atoms in total. The van der Waals surface area contributed by atoms with Crippen LogP contribution in [0.5, 0.6) is 0 Å². The van der Waals surface area contributed by atoms with E-state index in [1.807, 2.05) is 0 Å². The monoisotopic (exact) mass is 380 g/mol. The summed E-state index contributed by atoms with van der Waals surface area (Å²) in [6.45, 7) is 1.48. The van der Waals surface area contributed by atoms with Gasteiger partial charge in [0.1, 0.15) is 5.82 Å². The standard InChI is InChI=1S/C17H17FN2O5S/c1-11-10-13(18)4-7-15(11)26(24,25)20-14-5-2-12(3-6-14)17(23)19-9-8-16(21)22/h2-7,10,20H,8-9H2,1H3,(H,19,23)(H,21,22). The van der Waals surface area contributed by atoms with Crippen molar-refractivity contribution in [3.8, 4) is 0 Å². The molecule has 0 aliphatic heterocycles. The summed E-state index contributed by atoms with van der Waals surface area (Å²) in [5.74, 6) is -2.01. The van der Waals surface area contributed by atoms with Gasteiger partial charge in [0, 0.05) is 17.8 Å². The van der Waals surface area contributed by atoms with E-state index in [9.17, 15) is 22.4 Å². The Labute approximate surface area is 149 Å². The molecule has 0 radical (unpaired) electrons. The number of aliphatic carboxylic acids is 1. The Morgan fingerprint density at radius 1 is 1.12 bits per heavy atom. The van der Waals surface area contributed by atoms with Crippen molar-refractivity contribution in [1.82, 2.24) is 5.32 Å². The second kappa shape index (κ2) is 7.96. The lowest BCUT2D eigenvalue weighted by atomic mass is 10.2. The summed E-state index contributed by atoms with van der Waals surface area (Å²) in [6.07, 6.45) is -0.194. The summed E-state index contributed by atoms with van der Waals surface area (Å²) in [5, 5.41) is 11.0. The maximum absolute atomic E-state index is 13.1. The van der Waals surface area contributed by atoms with Crippen LogP contribution in [0, 0.1) is 12.7 Å². The number of nitrogens with one attached hydrogen (secondary N) is 2. The molecule has 1 amide bonds. The molecule has 138 valence electrons. The maximum Gasteiger partial charge on any atom is 0.305 e. The Morgan fingerprint density at radius 3 is 2.35 bits per heavy atom. The topological polar surface area (TPSA) is 113 Å². The maximum atomic E-state index is 13.1. The largest absolute Gasteiger partial charge is 0.481 e. The van der Waals surface area contributed by atoms with Crippen LogP contribution in [0.3, 0.4) is 0 Å². The normalized spacial score (nSPS) is 11.0. The number of rotatable bonds is 7. The minimum atomic E-state index is -3.90. The van der Waals surface area contributed by atoms with Gasteiger partial charge in [-0.25, -0.2) is 12.8 Å². The second-order valence-electron chi connectivity index (χ2n) is 5.49. The summed E-state index contributed by atoms with van der Waals surface area (Å²) in [4.78, 5) is 22.2. The first kappa shape index (κ1) is 19.4. The van der Waals surface area contributed by atoms with E-state index in [1.165, 1.54) is 37.3 Å². The van der Waals surface area contributed by atoms with Crippen LogP contribution >= 0.6 is 0 Å². The van der Waals surface area contributed by atoms with Crippen molar-refractivity contribution in [2.24, 2.45) is 0 Å². The molecule has 0 bridgehead atoms. The molecule has 0 spiro atoms. The predicted octanol–water partition coefficient (Wildman–Crippen LogP) is 2.14. The SMILES string of the molecule is Cc1cc(F)ccc1S(=O)(=O)Nc1ccc(C(=O)NCCC(=O)O)cc1. The number of hydrogen-bond donors (Lipinski definition) is 3. The van der Waals surface area contributed by atoms with Crippen molar-refractivity contribution in [2.45, 2.75) is 18.2 Å². The minimum Gasteiger partial charge on any atom is -0.481 e. The number of benzene rings is 2. The first-order valence-corrected chi connectivity index (χ1v) is 9.06. The van der Waals surface area contributed by atoms with E-state index in [-0.39, 0.29) is 34.7 Å². The first-order chi connectivity index (χ1) is 12.2. The van der Waals surface area contributed by atoms with Crippen LogP contribution < -0.4 is 10.0 Å². The fourth-order valence-corrected chi connectivity index (χ4v) is 3.49. The van der Waals surface area contributed by atoms with Gasteiger partial charge in [-0.15, -0.1) is 0 Å². The fourth-order valence-electron chi connectivity index (χ4n) is 2.20. The average molecular weight is 380 g/mol. The molecule has 0 aromatic heterocycles. The number of sulfonamides is 1. The molecule has 2 aromatic rings. The van der Waals surface area contributed by atoms with Gasteiger partial charge in [0.15, 0.2) is 0 Å². The Morgan fingerprint density at radius 2 is 1.77 bits per heavy atom. The van der Waals surface area contributed by atoms with Gasteiger partial charge in [-0.2, -0.15) is 0 Å². The summed E-state index contributed by atoms with van der Waals surface area (Å²) >= 11 is 0. The zero-order valence-electron chi connectivity index (χ0n) is 13.8. The molecular weight excluding hydrogens is 363 g/mol. The van der Waals surface area contributed by atoms with E-state index in [2.05, 4.69) is 10.0 Å². The van der Waals surface area contributed by atoms with Gasteiger partial charge in [0.25, 0.3) is 15.9 Å². The van der Waals surface area contributed by atoms with E-state index in [4.69, 9.17) is 5.11 Å². The summed E-state index contributed by atoms with van der Waals surface area (Å²) in [5.41, 5.74) is 0.763. The molecule has 0 heterocycles. The van der Waals surface area contributed by atoms with E-state index < -0.39 is 27.7 Å². The smallest absolute Gasteiger partial charge is 0.305 e. The van der Waals surface area contributed by atoms with Crippen LogP contribution in [-0.4, -0.2) is 31.9 Å². The van der Waals surface area contributed by atoms with Crippen molar-refractivity contribution in [2.75, 3.05) is 11.3 Å². The molecule has 0 saturated heterocycles. The lowest BCUT2D eigenvalue weighted by Gasteiger charge is -2.11. The van der Waals surface area contributed by atoms with Crippen molar-refractivity contribution in [3.63, 3.8) is 0 Å². The summed E-state index contributed by atoms with van der Waals surface area (Å²) in [7, 11) is -3.90. The highest BCUT2D eigenvalue weighted by Gasteiger charge is 2.17. The Kier molecular flexibility index (Phi) is 5.93. The zero-order chi connectivity index (χ0) is 19.3. The molecule has 2 aromatic carbocycles. The van der Waals surface area contributed by atoms with Gasteiger partial charge in [0.2, 0.25) is 0 Å². The molecule has 0 atom stereocenters. The highest BCUT2D eigenvalue weighted by molar-refractivity contribution is 7.92. The number of aryl methyl sites for hydroxylation is 1. The van der Waals surface area contributed by atoms with Gasteiger partial charge in [-0.3, -0.25) is 14.3 Å². The van der Waals surface area contributed by atoms with Crippen LogP contribution in [0.2, 0.25) is 0 Å². The molecule has 0 saturated carbocycles. The molecule has 9 heteroatoms. The number of carbonyl (C=O) groups is 2. The van der Waals surface area contributed by atoms with Crippen molar-refractivity contribution in [3.05, 3.63) is 59.4 Å². The minimum absolute atomic E-state index is 0.00755. The number of carbonyl (C=O) groups excluding carboxylic acids is 1. The van der Waals surface area contributed by atoms with Crippen molar-refractivity contribution >= 4 is 27.6 Å². The third kappa shape index (κ3) is 5.03. The van der Waals surface area contributed by atoms with Crippen LogP contribution in [0.25, 0.3) is 0 Å². The number of carboxylic acid groups (broad SMARTS) is 1. The van der Waals surface area contributed by atoms with Gasteiger partial charge in [-0.1, -0.05) is 0 Å². The summed E-state index contributed by atoms with van der Waals surface area (Å²) in [6, 6.07) is 8.99. The Bertz CT molecular complexity index is 927. The molecule has 0 fully saturated rings. The van der Waals surface area contributed by atoms with Gasteiger partial charge in [0.05, 0.1) is 11.3 Å². The van der Waals surface area contributed by atoms with Crippen LogP contribution in [0.1, 0.15) is 22.3 Å². The van der Waals surface area contributed by atoms with Gasteiger partial charge in [-0.05, 0) is 55.0 Å². The quantitative estimate of drug-likeness (QED) is 0.681. The Balaban J connectivity index is 2.08. The van der Waals surface area contributed by atoms with Gasteiger partial charge < -0.3 is 10.4 Å². The van der Waals surface area contributed by atoms with E-state index in [0.29, 0.717) is 0 Å². The number of halogens is 1. The predicted molar refractivity (Wildman–Crippen MR) is 93.0 cm³/mol. The van der Waals surface area contributed by atoms with Crippen LogP contribution in [-0.2, 0) is 14.8 Å². The van der Waals surface area contributed by atoms with E-state index in [1.54, 1.807) is 0 Å². The third-order valence-electron chi connectivity index (χ3n) is 3.45. The van der Waals surface area contributed by atoms with Crippen molar-refractivity contribution < 1.29 is 27.5 Å². The fraction of sp³-hybridized carbons (Fsp3) is 0.176. The summed E-state index contributed by atoms with van der Waals surface area (Å²) < 4.78 is 40.3. The molecule has 0 unspecified atom stereocenters. The molecule has 0 aliphatic rings. The van der Waals surface area contributed by atoms with Crippen LogP contribution in [0.15, 0.2) is 47.4 Å². The lowest BCUT2D eigenvalue weighted by molar-refractivity contribution is -0.136. The zero-order valence-corrected chi connectivity index (χ0v) is 14.6. The van der Waals surface area contributed by atoms with Crippen molar-refractivity contribution in [1.29, 1.82) is 0 Å². The third-order valence-corrected chi connectivity index (χ3v) is 4.99. The Hall–Kier alpha value is -2.94. The molecule has 0 aliphatic carbocycles. The highest BCUT2D eigenvalue weighted by atomic mass is 32.2. The van der Waals surface area contributed by atoms with E-state index >= 15 is 0 Å². The number of amides is 1.